The molecule has 2 aromatic rings. The Balaban J connectivity index is 1.70. The fourth-order valence-electron chi connectivity index (χ4n) is 3.26. The molecule has 1 aromatic heterocycles. The maximum absolute atomic E-state index is 12.4. The van der Waals surface area contributed by atoms with Crippen LogP contribution in [0.25, 0.3) is 10.9 Å². The van der Waals surface area contributed by atoms with Crippen molar-refractivity contribution in [3.8, 4) is 0 Å². The molecule has 1 aliphatic carbocycles. The molecule has 0 aliphatic heterocycles. The number of carbonyl (C=O) groups is 2. The highest BCUT2D eigenvalue weighted by molar-refractivity contribution is 6.06. The molecular weight excluding hydrogens is 304 g/mol. The van der Waals surface area contributed by atoms with Crippen LogP contribution in [0.3, 0.4) is 0 Å². The van der Waals surface area contributed by atoms with Crippen molar-refractivity contribution < 1.29 is 14.3 Å². The number of hydrogen-bond donors (Lipinski definition) is 1. The average molecular weight is 326 g/mol. The minimum absolute atomic E-state index is 0.170. The molecule has 3 rings (SSSR count). The van der Waals surface area contributed by atoms with E-state index in [-0.39, 0.29) is 12.5 Å². The third kappa shape index (κ3) is 3.07. The molecule has 1 N–H and O–H groups in total. The number of allylic oxidation sites excluding steroid dienone is 2. The summed E-state index contributed by atoms with van der Waals surface area (Å²) >= 11 is 0. The topological polar surface area (TPSA) is 62.4 Å². The number of aromatic amines is 1. The van der Waals surface area contributed by atoms with Crippen molar-refractivity contribution in [3.05, 3.63) is 47.3 Å². The predicted molar refractivity (Wildman–Crippen MR) is 92.6 cm³/mol. The fourth-order valence-corrected chi connectivity index (χ4v) is 3.26. The number of H-pyrrole nitrogens is 1. The third-order valence-electron chi connectivity index (χ3n) is 4.41. The van der Waals surface area contributed by atoms with Gasteiger partial charge in [-0.25, -0.2) is 4.79 Å². The molecule has 1 aliphatic rings. The number of carbonyl (C=O) groups excluding carboxylic acids is 2. The van der Waals surface area contributed by atoms with Crippen LogP contribution < -0.4 is 0 Å². The zero-order valence-corrected chi connectivity index (χ0v) is 14.1. The number of nitrogens with zero attached hydrogens (tertiary/aromatic N) is 1. The summed E-state index contributed by atoms with van der Waals surface area (Å²) in [5, 5.41) is 0.818. The van der Waals surface area contributed by atoms with Gasteiger partial charge in [0.05, 0.1) is 5.56 Å². The van der Waals surface area contributed by atoms with E-state index in [0.29, 0.717) is 12.1 Å². The van der Waals surface area contributed by atoms with E-state index in [1.54, 1.807) is 4.90 Å². The highest BCUT2D eigenvalue weighted by atomic mass is 16.5. The summed E-state index contributed by atoms with van der Waals surface area (Å²) in [6, 6.07) is 7.57. The summed E-state index contributed by atoms with van der Waals surface area (Å²) in [5.41, 5.74) is 3.18. The fraction of sp³-hybridized carbons (Fsp3) is 0.368. The number of nitrogens with one attached hydrogen (secondary N) is 1. The Morgan fingerprint density at radius 1 is 1.29 bits per heavy atom. The van der Waals surface area contributed by atoms with E-state index in [0.717, 1.165) is 41.6 Å². The smallest absolute Gasteiger partial charge is 0.341 e. The number of aromatic nitrogens is 1. The maximum atomic E-state index is 12.4. The Bertz CT molecular complexity index is 804. The summed E-state index contributed by atoms with van der Waals surface area (Å²) in [6.07, 6.45) is 5.09. The van der Waals surface area contributed by atoms with Gasteiger partial charge in [-0.05, 0) is 39.2 Å². The molecule has 0 radical (unpaired) electrons. The number of esters is 1. The minimum atomic E-state index is -0.463. The van der Waals surface area contributed by atoms with Crippen LogP contribution in [-0.4, -0.2) is 34.9 Å². The largest absolute Gasteiger partial charge is 0.452 e. The lowest BCUT2D eigenvalue weighted by atomic mass is 10.1. The Hall–Kier alpha value is -2.56. The Labute approximate surface area is 141 Å². The molecule has 1 amide bonds. The van der Waals surface area contributed by atoms with Crippen LogP contribution in [0.5, 0.6) is 0 Å². The van der Waals surface area contributed by atoms with E-state index in [1.165, 1.54) is 0 Å². The summed E-state index contributed by atoms with van der Waals surface area (Å²) in [4.78, 5) is 29.7. The van der Waals surface area contributed by atoms with Gasteiger partial charge in [0, 0.05) is 28.8 Å². The quantitative estimate of drug-likeness (QED) is 0.855. The van der Waals surface area contributed by atoms with Crippen molar-refractivity contribution in [3.63, 3.8) is 0 Å². The van der Waals surface area contributed by atoms with Crippen molar-refractivity contribution >= 4 is 22.8 Å². The van der Waals surface area contributed by atoms with Crippen LogP contribution in [0.1, 0.15) is 42.2 Å². The van der Waals surface area contributed by atoms with E-state index in [9.17, 15) is 9.59 Å². The van der Waals surface area contributed by atoms with E-state index in [1.807, 2.05) is 38.1 Å². The number of fused-ring (bicyclic) bond motifs is 1. The van der Waals surface area contributed by atoms with Crippen LogP contribution in [0.4, 0.5) is 0 Å². The van der Waals surface area contributed by atoms with E-state index >= 15 is 0 Å². The molecule has 0 saturated heterocycles. The molecule has 126 valence electrons. The minimum Gasteiger partial charge on any atom is -0.452 e. The molecule has 5 nitrogen and oxygen atoms in total. The van der Waals surface area contributed by atoms with Crippen LogP contribution in [0.15, 0.2) is 36.0 Å². The second kappa shape index (κ2) is 6.91. The SMILES string of the molecule is CCN(C(=O)COC(=O)c1c(C)[nH]c2ccccc12)C1=CCCC1. The number of aryl methyl sites for hydroxylation is 1. The van der Waals surface area contributed by atoms with Crippen molar-refractivity contribution in [2.24, 2.45) is 0 Å². The van der Waals surface area contributed by atoms with Gasteiger partial charge in [-0.1, -0.05) is 24.3 Å². The van der Waals surface area contributed by atoms with Crippen LogP contribution in [-0.2, 0) is 9.53 Å². The summed E-state index contributed by atoms with van der Waals surface area (Å²) in [7, 11) is 0. The number of benzene rings is 1. The van der Waals surface area contributed by atoms with Gasteiger partial charge >= 0.3 is 5.97 Å². The molecule has 0 bridgehead atoms. The normalized spacial score (nSPS) is 13.8. The molecule has 0 atom stereocenters. The lowest BCUT2D eigenvalue weighted by Gasteiger charge is -2.22. The summed E-state index contributed by atoms with van der Waals surface area (Å²) < 4.78 is 5.30. The first-order valence-electron chi connectivity index (χ1n) is 8.35. The lowest BCUT2D eigenvalue weighted by molar-refractivity contribution is -0.132. The number of para-hydroxylation sites is 1. The molecule has 5 heteroatoms. The van der Waals surface area contributed by atoms with Gasteiger partial charge in [0.15, 0.2) is 6.61 Å². The van der Waals surface area contributed by atoms with Crippen LogP contribution in [0, 0.1) is 6.92 Å². The first-order chi connectivity index (χ1) is 11.6. The molecular formula is C19H22N2O3. The lowest BCUT2D eigenvalue weighted by Crippen LogP contribution is -2.33. The first kappa shape index (κ1) is 16.3. The Kier molecular flexibility index (Phi) is 4.69. The molecule has 1 heterocycles. The Morgan fingerprint density at radius 3 is 2.79 bits per heavy atom. The van der Waals surface area contributed by atoms with Gasteiger partial charge in [0.1, 0.15) is 0 Å². The van der Waals surface area contributed by atoms with Gasteiger partial charge in [0.2, 0.25) is 0 Å². The Morgan fingerprint density at radius 2 is 2.08 bits per heavy atom. The van der Waals surface area contributed by atoms with Gasteiger partial charge < -0.3 is 14.6 Å². The van der Waals surface area contributed by atoms with E-state index in [2.05, 4.69) is 11.1 Å². The molecule has 0 fully saturated rings. The van der Waals surface area contributed by atoms with Gasteiger partial charge in [0.25, 0.3) is 5.91 Å². The molecule has 0 unspecified atom stereocenters. The number of rotatable bonds is 5. The third-order valence-corrected chi connectivity index (χ3v) is 4.41. The van der Waals surface area contributed by atoms with Crippen molar-refractivity contribution in [1.82, 2.24) is 9.88 Å². The second-order valence-corrected chi connectivity index (χ2v) is 5.97. The highest BCUT2D eigenvalue weighted by Gasteiger charge is 2.22. The number of ether oxygens (including phenoxy) is 1. The van der Waals surface area contributed by atoms with Crippen LogP contribution in [0.2, 0.25) is 0 Å². The summed E-state index contributed by atoms with van der Waals surface area (Å²) in [5.74, 6) is -0.633. The zero-order chi connectivity index (χ0) is 17.1. The monoisotopic (exact) mass is 326 g/mol. The van der Waals surface area contributed by atoms with E-state index in [4.69, 9.17) is 4.74 Å². The van der Waals surface area contributed by atoms with Crippen molar-refractivity contribution in [1.29, 1.82) is 0 Å². The zero-order valence-electron chi connectivity index (χ0n) is 14.1. The molecule has 24 heavy (non-hydrogen) atoms. The van der Waals surface area contributed by atoms with Gasteiger partial charge in [-0.2, -0.15) is 0 Å². The maximum Gasteiger partial charge on any atom is 0.341 e. The number of amides is 1. The van der Waals surface area contributed by atoms with Gasteiger partial charge in [-0.3, -0.25) is 4.79 Å². The van der Waals surface area contributed by atoms with Crippen LogP contribution >= 0.6 is 0 Å². The second-order valence-electron chi connectivity index (χ2n) is 5.97. The highest BCUT2D eigenvalue weighted by Crippen LogP contribution is 2.23. The van der Waals surface area contributed by atoms with Crippen molar-refractivity contribution in [2.45, 2.75) is 33.1 Å². The molecule has 0 saturated carbocycles. The van der Waals surface area contributed by atoms with Crippen molar-refractivity contribution in [2.75, 3.05) is 13.2 Å². The number of likely N-dealkylation sites (N-methyl/N-ethyl adjacent to an activating group) is 1. The standard InChI is InChI=1S/C19H22N2O3/c1-3-21(14-8-4-5-9-14)17(22)12-24-19(23)18-13(2)20-16-11-7-6-10-15(16)18/h6-8,10-11,20H,3-5,9,12H2,1-2H3. The molecule has 1 aromatic carbocycles. The first-order valence-corrected chi connectivity index (χ1v) is 8.35. The van der Waals surface area contributed by atoms with Gasteiger partial charge in [-0.15, -0.1) is 0 Å². The average Bonchev–Trinajstić information content (AvgIpc) is 3.20. The molecule has 0 spiro atoms. The van der Waals surface area contributed by atoms with E-state index < -0.39 is 5.97 Å². The number of hydrogen-bond acceptors (Lipinski definition) is 3. The predicted octanol–water partition coefficient (Wildman–Crippen LogP) is 3.55. The summed E-state index contributed by atoms with van der Waals surface area (Å²) in [6.45, 7) is 4.13.